The number of ether oxygens (including phenoxy) is 2. The summed E-state index contributed by atoms with van der Waals surface area (Å²) in [6.07, 6.45) is 0. The summed E-state index contributed by atoms with van der Waals surface area (Å²) in [6.45, 7) is 9.98. The van der Waals surface area contributed by atoms with Crippen LogP contribution in [0.15, 0.2) is 36.4 Å². The van der Waals surface area contributed by atoms with Gasteiger partial charge in [-0.3, -0.25) is 0 Å². The summed E-state index contributed by atoms with van der Waals surface area (Å²) >= 11 is 0. The van der Waals surface area contributed by atoms with Gasteiger partial charge in [-0.2, -0.15) is 0 Å². The average Bonchev–Trinajstić information content (AvgIpc) is 2.54. The number of hydrogen-bond donors (Lipinski definition) is 1. The van der Waals surface area contributed by atoms with Crippen LogP contribution in [0.3, 0.4) is 0 Å². The summed E-state index contributed by atoms with van der Waals surface area (Å²) in [5, 5.41) is 3.49. The molecule has 2 aromatic rings. The Morgan fingerprint density at radius 1 is 1.04 bits per heavy atom. The molecule has 0 aliphatic carbocycles. The average molecular weight is 313 g/mol. The highest BCUT2D eigenvalue weighted by Crippen LogP contribution is 2.29. The van der Waals surface area contributed by atoms with Gasteiger partial charge in [0, 0.05) is 12.2 Å². The van der Waals surface area contributed by atoms with Crippen molar-refractivity contribution in [2.24, 2.45) is 5.92 Å². The maximum Gasteiger partial charge on any atom is 0.161 e. The molecule has 2 rings (SSSR count). The highest BCUT2D eigenvalue weighted by Gasteiger charge is 2.07. The molecular weight excluding hydrogens is 286 g/mol. The van der Waals surface area contributed by atoms with E-state index in [-0.39, 0.29) is 0 Å². The molecule has 0 aliphatic heterocycles. The van der Waals surface area contributed by atoms with Crippen LogP contribution in [0, 0.1) is 19.8 Å². The second-order valence-electron chi connectivity index (χ2n) is 6.29. The Bertz CT molecular complexity index is 650. The molecule has 0 fully saturated rings. The Balaban J connectivity index is 2.07. The molecule has 2 aromatic carbocycles. The summed E-state index contributed by atoms with van der Waals surface area (Å²) < 4.78 is 11.3. The van der Waals surface area contributed by atoms with Gasteiger partial charge in [-0.05, 0) is 54.7 Å². The minimum absolute atomic E-state index is 0.491. The number of benzene rings is 2. The molecule has 23 heavy (non-hydrogen) atoms. The molecule has 0 radical (unpaired) electrons. The van der Waals surface area contributed by atoms with Crippen LogP contribution in [0.1, 0.15) is 30.5 Å². The van der Waals surface area contributed by atoms with Crippen molar-refractivity contribution in [3.8, 4) is 11.5 Å². The summed E-state index contributed by atoms with van der Waals surface area (Å²) in [6, 6.07) is 12.4. The predicted octanol–water partition coefficient (Wildman–Crippen LogP) is 4.96. The van der Waals surface area contributed by atoms with Gasteiger partial charge < -0.3 is 14.8 Å². The highest BCUT2D eigenvalue weighted by atomic mass is 16.5. The smallest absolute Gasteiger partial charge is 0.161 e. The van der Waals surface area contributed by atoms with E-state index in [9.17, 15) is 0 Å². The van der Waals surface area contributed by atoms with Gasteiger partial charge in [0.1, 0.15) is 0 Å². The standard InChI is InChI=1S/C20H27NO2/c1-14(2)13-23-19-10-9-17(11-20(19)22-5)12-21-18-8-6-7-15(3)16(18)4/h6-11,14,21H,12-13H2,1-5H3. The van der Waals surface area contributed by atoms with Crippen molar-refractivity contribution < 1.29 is 9.47 Å². The third kappa shape index (κ3) is 4.65. The Morgan fingerprint density at radius 3 is 2.52 bits per heavy atom. The molecule has 0 saturated heterocycles. The second-order valence-corrected chi connectivity index (χ2v) is 6.29. The Morgan fingerprint density at radius 2 is 1.83 bits per heavy atom. The summed E-state index contributed by atoms with van der Waals surface area (Å²) in [4.78, 5) is 0. The van der Waals surface area contributed by atoms with Gasteiger partial charge in [0.2, 0.25) is 0 Å². The lowest BCUT2D eigenvalue weighted by atomic mass is 10.1. The molecule has 1 N–H and O–H groups in total. The number of hydrogen-bond acceptors (Lipinski definition) is 3. The van der Waals surface area contributed by atoms with Gasteiger partial charge >= 0.3 is 0 Å². The summed E-state index contributed by atoms with van der Waals surface area (Å²) in [5.41, 5.74) is 4.92. The normalized spacial score (nSPS) is 10.7. The molecule has 3 nitrogen and oxygen atoms in total. The minimum Gasteiger partial charge on any atom is -0.493 e. The molecule has 0 amide bonds. The molecule has 0 saturated carbocycles. The van der Waals surface area contributed by atoms with Crippen molar-refractivity contribution in [2.75, 3.05) is 19.0 Å². The molecule has 0 aliphatic rings. The Kier molecular flexibility index (Phi) is 5.91. The topological polar surface area (TPSA) is 30.5 Å². The summed E-state index contributed by atoms with van der Waals surface area (Å²) in [7, 11) is 1.68. The van der Waals surface area contributed by atoms with Crippen molar-refractivity contribution in [1.29, 1.82) is 0 Å². The van der Waals surface area contributed by atoms with Gasteiger partial charge in [0.15, 0.2) is 11.5 Å². The molecular formula is C20H27NO2. The maximum atomic E-state index is 5.80. The number of rotatable bonds is 7. The van der Waals surface area contributed by atoms with E-state index in [0.29, 0.717) is 12.5 Å². The molecule has 0 aromatic heterocycles. The fraction of sp³-hybridized carbons (Fsp3) is 0.400. The first-order valence-electron chi connectivity index (χ1n) is 8.11. The molecule has 0 spiro atoms. The van der Waals surface area contributed by atoms with Gasteiger partial charge in [-0.15, -0.1) is 0 Å². The number of methoxy groups -OCH3 is 1. The van der Waals surface area contributed by atoms with Crippen molar-refractivity contribution in [3.63, 3.8) is 0 Å². The van der Waals surface area contributed by atoms with Crippen LogP contribution in [0.4, 0.5) is 5.69 Å². The first-order valence-corrected chi connectivity index (χ1v) is 8.11. The van der Waals surface area contributed by atoms with E-state index >= 15 is 0 Å². The van der Waals surface area contributed by atoms with Crippen molar-refractivity contribution in [3.05, 3.63) is 53.1 Å². The monoisotopic (exact) mass is 313 g/mol. The second kappa shape index (κ2) is 7.91. The van der Waals surface area contributed by atoms with E-state index in [1.807, 2.05) is 12.1 Å². The van der Waals surface area contributed by atoms with Crippen molar-refractivity contribution >= 4 is 5.69 Å². The van der Waals surface area contributed by atoms with Crippen molar-refractivity contribution in [1.82, 2.24) is 0 Å². The fourth-order valence-corrected chi connectivity index (χ4v) is 2.34. The lowest BCUT2D eigenvalue weighted by molar-refractivity contribution is 0.257. The lowest BCUT2D eigenvalue weighted by Gasteiger charge is -2.15. The fourth-order valence-electron chi connectivity index (χ4n) is 2.34. The molecule has 124 valence electrons. The van der Waals surface area contributed by atoms with E-state index in [0.717, 1.165) is 18.0 Å². The number of aryl methyl sites for hydroxylation is 1. The quantitative estimate of drug-likeness (QED) is 0.783. The van der Waals surface area contributed by atoms with Crippen LogP contribution in [-0.2, 0) is 6.54 Å². The number of anilines is 1. The Hall–Kier alpha value is -2.16. The lowest BCUT2D eigenvalue weighted by Crippen LogP contribution is -2.06. The van der Waals surface area contributed by atoms with Crippen LogP contribution < -0.4 is 14.8 Å². The minimum atomic E-state index is 0.491. The van der Waals surface area contributed by atoms with Crippen molar-refractivity contribution in [2.45, 2.75) is 34.2 Å². The number of nitrogens with one attached hydrogen (secondary N) is 1. The van der Waals surface area contributed by atoms with Crippen LogP contribution in [0.5, 0.6) is 11.5 Å². The van der Waals surface area contributed by atoms with Gasteiger partial charge in [-0.25, -0.2) is 0 Å². The first-order chi connectivity index (χ1) is 11.0. The molecule has 3 heteroatoms. The van der Waals surface area contributed by atoms with Crippen LogP contribution >= 0.6 is 0 Å². The zero-order chi connectivity index (χ0) is 16.8. The molecule has 0 heterocycles. The zero-order valence-electron chi connectivity index (χ0n) is 14.8. The Labute approximate surface area is 139 Å². The zero-order valence-corrected chi connectivity index (χ0v) is 14.8. The third-order valence-electron chi connectivity index (χ3n) is 3.89. The van der Waals surface area contributed by atoms with E-state index in [2.05, 4.69) is 57.3 Å². The largest absolute Gasteiger partial charge is 0.493 e. The molecule has 0 atom stereocenters. The van der Waals surface area contributed by atoms with Gasteiger partial charge in [-0.1, -0.05) is 32.0 Å². The van der Waals surface area contributed by atoms with Crippen LogP contribution in [-0.4, -0.2) is 13.7 Å². The van der Waals surface area contributed by atoms with E-state index < -0.39 is 0 Å². The maximum absolute atomic E-state index is 5.80. The van der Waals surface area contributed by atoms with E-state index in [1.54, 1.807) is 7.11 Å². The van der Waals surface area contributed by atoms with Gasteiger partial charge in [0.05, 0.1) is 13.7 Å². The SMILES string of the molecule is COc1cc(CNc2cccc(C)c2C)ccc1OCC(C)C. The third-order valence-corrected chi connectivity index (χ3v) is 3.89. The van der Waals surface area contributed by atoms with Gasteiger partial charge in [0.25, 0.3) is 0 Å². The van der Waals surface area contributed by atoms with Crippen LogP contribution in [0.2, 0.25) is 0 Å². The van der Waals surface area contributed by atoms with E-state index in [1.165, 1.54) is 22.4 Å². The molecule has 0 bridgehead atoms. The highest BCUT2D eigenvalue weighted by molar-refractivity contribution is 5.54. The predicted molar refractivity (Wildman–Crippen MR) is 96.6 cm³/mol. The first kappa shape index (κ1) is 17.2. The van der Waals surface area contributed by atoms with E-state index in [4.69, 9.17) is 9.47 Å². The van der Waals surface area contributed by atoms with Crippen LogP contribution in [0.25, 0.3) is 0 Å². The summed E-state index contributed by atoms with van der Waals surface area (Å²) in [5.74, 6) is 2.08. The molecule has 0 unspecified atom stereocenters.